The van der Waals surface area contributed by atoms with E-state index in [0.717, 1.165) is 12.4 Å². The molecule has 0 fully saturated rings. The van der Waals surface area contributed by atoms with Crippen LogP contribution in [0.4, 0.5) is 11.6 Å². The molecule has 0 saturated heterocycles. The van der Waals surface area contributed by atoms with Crippen LogP contribution in [-0.2, 0) is 4.79 Å². The van der Waals surface area contributed by atoms with Crippen molar-refractivity contribution >= 4 is 17.5 Å². The summed E-state index contributed by atoms with van der Waals surface area (Å²) in [5.41, 5.74) is 4.99. The number of carbonyl (C=O) groups is 1. The highest BCUT2D eigenvalue weighted by Gasteiger charge is 1.97. The smallest absolute Gasteiger partial charge is 0.236 e. The molecule has 5 nitrogen and oxygen atoms in total. The van der Waals surface area contributed by atoms with Crippen molar-refractivity contribution in [2.75, 3.05) is 23.7 Å². The van der Waals surface area contributed by atoms with E-state index in [4.69, 9.17) is 5.73 Å². The number of rotatable bonds is 5. The van der Waals surface area contributed by atoms with E-state index in [1.54, 1.807) is 6.07 Å². The van der Waals surface area contributed by atoms with Gasteiger partial charge in [-0.1, -0.05) is 6.07 Å². The van der Waals surface area contributed by atoms with Crippen molar-refractivity contribution in [1.29, 1.82) is 0 Å². The third-order valence-corrected chi connectivity index (χ3v) is 1.55. The fraction of sp³-hybridized carbons (Fsp3) is 0.333. The molecule has 1 heterocycles. The Morgan fingerprint density at radius 3 is 2.64 bits per heavy atom. The van der Waals surface area contributed by atoms with Gasteiger partial charge in [0.1, 0.15) is 11.6 Å². The number of nitrogens with two attached hydrogens (primary N) is 1. The Balaban J connectivity index is 2.58. The van der Waals surface area contributed by atoms with E-state index in [0.29, 0.717) is 5.82 Å². The lowest BCUT2D eigenvalue weighted by molar-refractivity contribution is -0.116. The van der Waals surface area contributed by atoms with Gasteiger partial charge >= 0.3 is 0 Å². The molecule has 76 valence electrons. The van der Waals surface area contributed by atoms with Crippen molar-refractivity contribution in [2.45, 2.75) is 6.92 Å². The molecule has 0 aliphatic rings. The summed E-state index contributed by atoms with van der Waals surface area (Å²) in [5.74, 6) is 1.02. The molecule has 0 radical (unpaired) electrons. The molecule has 4 N–H and O–H groups in total. The molecule has 0 bridgehead atoms. The highest BCUT2D eigenvalue weighted by molar-refractivity contribution is 5.78. The van der Waals surface area contributed by atoms with Gasteiger partial charge in [0.25, 0.3) is 0 Å². The van der Waals surface area contributed by atoms with Crippen molar-refractivity contribution in [3.63, 3.8) is 0 Å². The lowest BCUT2D eigenvalue weighted by Crippen LogP contribution is -2.22. The van der Waals surface area contributed by atoms with Gasteiger partial charge in [-0.2, -0.15) is 0 Å². The predicted octanol–water partition coefficient (Wildman–Crippen LogP) is 0.411. The van der Waals surface area contributed by atoms with Crippen molar-refractivity contribution in [2.24, 2.45) is 5.73 Å². The highest BCUT2D eigenvalue weighted by atomic mass is 16.1. The standard InChI is InChI=1S/C9H14N4O/c1-2-11-8-4-3-5-9(13-8)12-6-7(10)14/h3-5H,2,6H2,1H3,(H2,10,14)(H2,11,12,13). The van der Waals surface area contributed by atoms with E-state index >= 15 is 0 Å². The van der Waals surface area contributed by atoms with E-state index in [1.165, 1.54) is 0 Å². The number of nitrogens with one attached hydrogen (secondary N) is 2. The van der Waals surface area contributed by atoms with Gasteiger partial charge in [0.2, 0.25) is 5.91 Å². The molecule has 0 aromatic carbocycles. The lowest BCUT2D eigenvalue weighted by atomic mass is 10.4. The topological polar surface area (TPSA) is 80.0 Å². The minimum atomic E-state index is -0.402. The quantitative estimate of drug-likeness (QED) is 0.634. The van der Waals surface area contributed by atoms with Crippen LogP contribution in [-0.4, -0.2) is 24.0 Å². The summed E-state index contributed by atoms with van der Waals surface area (Å²) >= 11 is 0. The number of carbonyl (C=O) groups excluding carboxylic acids is 1. The molecule has 0 spiro atoms. The zero-order valence-corrected chi connectivity index (χ0v) is 8.08. The second-order valence-corrected chi connectivity index (χ2v) is 2.76. The average molecular weight is 194 g/mol. The summed E-state index contributed by atoms with van der Waals surface area (Å²) in [6.07, 6.45) is 0. The first kappa shape index (κ1) is 10.3. The Morgan fingerprint density at radius 2 is 2.07 bits per heavy atom. The number of hydrogen-bond donors (Lipinski definition) is 3. The molecule has 0 unspecified atom stereocenters. The third-order valence-electron chi connectivity index (χ3n) is 1.55. The summed E-state index contributed by atoms with van der Waals surface area (Å²) < 4.78 is 0. The Hall–Kier alpha value is -1.78. The average Bonchev–Trinajstić information content (AvgIpc) is 2.16. The minimum Gasteiger partial charge on any atom is -0.370 e. The van der Waals surface area contributed by atoms with E-state index in [-0.39, 0.29) is 6.54 Å². The summed E-state index contributed by atoms with van der Waals surface area (Å²) in [5, 5.41) is 5.89. The van der Waals surface area contributed by atoms with E-state index in [9.17, 15) is 4.79 Å². The number of hydrogen-bond acceptors (Lipinski definition) is 4. The van der Waals surface area contributed by atoms with Crippen LogP contribution >= 0.6 is 0 Å². The molecule has 0 aliphatic carbocycles. The van der Waals surface area contributed by atoms with Crippen LogP contribution in [0, 0.1) is 0 Å². The zero-order chi connectivity index (χ0) is 10.4. The molecule has 0 aliphatic heterocycles. The van der Waals surface area contributed by atoms with Gasteiger partial charge in [0, 0.05) is 6.54 Å². The maximum Gasteiger partial charge on any atom is 0.236 e. The SMILES string of the molecule is CCNc1cccc(NCC(N)=O)n1. The van der Waals surface area contributed by atoms with Crippen LogP contribution in [0.1, 0.15) is 6.92 Å². The van der Waals surface area contributed by atoms with Gasteiger partial charge in [-0.25, -0.2) is 4.98 Å². The van der Waals surface area contributed by atoms with E-state index < -0.39 is 5.91 Å². The first-order chi connectivity index (χ1) is 6.72. The fourth-order valence-electron chi connectivity index (χ4n) is 0.990. The molecule has 0 atom stereocenters. The monoisotopic (exact) mass is 194 g/mol. The van der Waals surface area contributed by atoms with Crippen LogP contribution in [0.2, 0.25) is 0 Å². The van der Waals surface area contributed by atoms with Gasteiger partial charge in [0.15, 0.2) is 0 Å². The van der Waals surface area contributed by atoms with Crippen LogP contribution in [0.5, 0.6) is 0 Å². The number of amides is 1. The predicted molar refractivity (Wildman–Crippen MR) is 56.1 cm³/mol. The maximum absolute atomic E-state index is 10.5. The third kappa shape index (κ3) is 3.30. The molecular formula is C9H14N4O. The van der Waals surface area contributed by atoms with E-state index in [1.807, 2.05) is 19.1 Å². The van der Waals surface area contributed by atoms with Gasteiger partial charge in [-0.15, -0.1) is 0 Å². The zero-order valence-electron chi connectivity index (χ0n) is 8.08. The normalized spacial score (nSPS) is 9.50. The van der Waals surface area contributed by atoms with Gasteiger partial charge in [-0.3, -0.25) is 4.79 Å². The first-order valence-corrected chi connectivity index (χ1v) is 4.45. The Morgan fingerprint density at radius 1 is 1.43 bits per heavy atom. The molecular weight excluding hydrogens is 180 g/mol. The second-order valence-electron chi connectivity index (χ2n) is 2.76. The molecule has 1 aromatic rings. The second kappa shape index (κ2) is 5.06. The fourth-order valence-corrected chi connectivity index (χ4v) is 0.990. The summed E-state index contributed by atoms with van der Waals surface area (Å²) in [6.45, 7) is 2.90. The largest absolute Gasteiger partial charge is 0.370 e. The molecule has 1 rings (SSSR count). The van der Waals surface area contributed by atoms with Crippen molar-refractivity contribution in [1.82, 2.24) is 4.98 Å². The Bertz CT molecular complexity index is 313. The van der Waals surface area contributed by atoms with Gasteiger partial charge in [-0.05, 0) is 19.1 Å². The summed E-state index contributed by atoms with van der Waals surface area (Å²) in [4.78, 5) is 14.7. The Labute approximate surface area is 82.7 Å². The van der Waals surface area contributed by atoms with Gasteiger partial charge in [0.05, 0.1) is 6.54 Å². The van der Waals surface area contributed by atoms with Crippen molar-refractivity contribution in [3.8, 4) is 0 Å². The molecule has 1 amide bonds. The molecule has 1 aromatic heterocycles. The Kier molecular flexibility index (Phi) is 3.72. The maximum atomic E-state index is 10.5. The summed E-state index contributed by atoms with van der Waals surface area (Å²) in [7, 11) is 0. The van der Waals surface area contributed by atoms with Crippen molar-refractivity contribution < 1.29 is 4.79 Å². The molecule has 5 heteroatoms. The van der Waals surface area contributed by atoms with Crippen LogP contribution in [0.15, 0.2) is 18.2 Å². The number of pyridine rings is 1. The van der Waals surface area contributed by atoms with Crippen LogP contribution in [0.3, 0.4) is 0 Å². The van der Waals surface area contributed by atoms with Crippen LogP contribution in [0.25, 0.3) is 0 Å². The summed E-state index contributed by atoms with van der Waals surface area (Å²) in [6, 6.07) is 5.50. The molecule has 0 saturated carbocycles. The first-order valence-electron chi connectivity index (χ1n) is 4.45. The minimum absolute atomic E-state index is 0.0998. The van der Waals surface area contributed by atoms with E-state index in [2.05, 4.69) is 15.6 Å². The molecule has 14 heavy (non-hydrogen) atoms. The lowest BCUT2D eigenvalue weighted by Gasteiger charge is -2.06. The van der Waals surface area contributed by atoms with Crippen LogP contribution < -0.4 is 16.4 Å². The highest BCUT2D eigenvalue weighted by Crippen LogP contribution is 2.07. The van der Waals surface area contributed by atoms with Gasteiger partial charge < -0.3 is 16.4 Å². The number of primary amides is 1. The number of aromatic nitrogens is 1. The van der Waals surface area contributed by atoms with Crippen molar-refractivity contribution in [3.05, 3.63) is 18.2 Å². The number of nitrogens with zero attached hydrogens (tertiary/aromatic N) is 1. The number of anilines is 2.